The lowest BCUT2D eigenvalue weighted by Gasteiger charge is -1.96. The van der Waals surface area contributed by atoms with Crippen LogP contribution in [-0.2, 0) is 0 Å². The molecule has 5 nitrogen and oxygen atoms in total. The van der Waals surface area contributed by atoms with Crippen molar-refractivity contribution in [2.45, 2.75) is 0 Å². The van der Waals surface area contributed by atoms with E-state index in [4.69, 9.17) is 5.73 Å². The predicted octanol–water partition coefficient (Wildman–Crippen LogP) is 0.734. The van der Waals surface area contributed by atoms with Crippen molar-refractivity contribution in [3.05, 3.63) is 46.3 Å². The molecule has 0 fully saturated rings. The Labute approximate surface area is 84.5 Å². The number of hydrogen-bond donors (Lipinski definition) is 2. The molecule has 0 aliphatic rings. The van der Waals surface area contributed by atoms with Gasteiger partial charge in [-0.1, -0.05) is 30.3 Å². The van der Waals surface area contributed by atoms with E-state index in [0.29, 0.717) is 11.3 Å². The van der Waals surface area contributed by atoms with Crippen molar-refractivity contribution in [3.8, 4) is 11.3 Å². The summed E-state index contributed by atoms with van der Waals surface area (Å²) < 4.78 is 4.53. The van der Waals surface area contributed by atoms with E-state index >= 15 is 0 Å². The minimum atomic E-state index is -0.802. The van der Waals surface area contributed by atoms with Crippen molar-refractivity contribution in [3.63, 3.8) is 0 Å². The number of benzene rings is 1. The summed E-state index contributed by atoms with van der Waals surface area (Å²) in [5.74, 6) is -0.802. The van der Waals surface area contributed by atoms with E-state index in [1.165, 1.54) is 0 Å². The Morgan fingerprint density at radius 3 is 2.53 bits per heavy atom. The number of nitrogens with two attached hydrogens (primary N) is 1. The van der Waals surface area contributed by atoms with E-state index in [-0.39, 0.29) is 5.56 Å². The molecule has 0 aliphatic heterocycles. The predicted molar refractivity (Wildman–Crippen MR) is 53.3 cm³/mol. The SMILES string of the molecule is NC(=O)c1c(-c2ccccc2)[nH]oc1=O. The fraction of sp³-hybridized carbons (Fsp3) is 0. The molecule has 2 aromatic rings. The summed E-state index contributed by atoms with van der Waals surface area (Å²) in [6, 6.07) is 8.88. The molecular formula is C10H8N2O3. The lowest BCUT2D eigenvalue weighted by atomic mass is 10.1. The maximum atomic E-state index is 11.2. The monoisotopic (exact) mass is 204 g/mol. The van der Waals surface area contributed by atoms with Gasteiger partial charge in [0.2, 0.25) is 0 Å². The van der Waals surface area contributed by atoms with Crippen molar-refractivity contribution < 1.29 is 9.32 Å². The second-order valence-electron chi connectivity index (χ2n) is 2.97. The van der Waals surface area contributed by atoms with E-state index in [9.17, 15) is 9.59 Å². The van der Waals surface area contributed by atoms with Crippen LogP contribution in [0.2, 0.25) is 0 Å². The number of aromatic nitrogens is 1. The Kier molecular flexibility index (Phi) is 2.13. The lowest BCUT2D eigenvalue weighted by molar-refractivity contribution is 0.0999. The molecule has 1 aromatic carbocycles. The highest BCUT2D eigenvalue weighted by molar-refractivity contribution is 5.98. The summed E-state index contributed by atoms with van der Waals surface area (Å²) >= 11 is 0. The first kappa shape index (κ1) is 9.26. The van der Waals surface area contributed by atoms with Gasteiger partial charge in [-0.15, -0.1) is 0 Å². The van der Waals surface area contributed by atoms with Crippen molar-refractivity contribution in [1.29, 1.82) is 0 Å². The molecule has 3 N–H and O–H groups in total. The van der Waals surface area contributed by atoms with Gasteiger partial charge in [-0.2, -0.15) is 0 Å². The van der Waals surface area contributed by atoms with Crippen molar-refractivity contribution in [2.75, 3.05) is 0 Å². The van der Waals surface area contributed by atoms with E-state index in [0.717, 1.165) is 0 Å². The highest BCUT2D eigenvalue weighted by Gasteiger charge is 2.18. The van der Waals surface area contributed by atoms with E-state index < -0.39 is 11.5 Å². The van der Waals surface area contributed by atoms with Crippen LogP contribution < -0.4 is 11.4 Å². The first-order valence-corrected chi connectivity index (χ1v) is 4.27. The average molecular weight is 204 g/mol. The zero-order valence-electron chi connectivity index (χ0n) is 7.69. The number of H-pyrrole nitrogens is 1. The summed E-state index contributed by atoms with van der Waals surface area (Å²) in [6.45, 7) is 0. The molecular weight excluding hydrogens is 196 g/mol. The average Bonchev–Trinajstić information content (AvgIpc) is 2.61. The Hall–Kier alpha value is -2.30. The van der Waals surface area contributed by atoms with E-state index in [1.54, 1.807) is 24.3 Å². The van der Waals surface area contributed by atoms with Crippen LogP contribution in [0, 0.1) is 0 Å². The van der Waals surface area contributed by atoms with E-state index in [2.05, 4.69) is 9.68 Å². The third kappa shape index (κ3) is 1.54. The van der Waals surface area contributed by atoms with Gasteiger partial charge in [-0.3, -0.25) is 4.79 Å². The molecule has 76 valence electrons. The molecule has 0 bridgehead atoms. The molecule has 1 aromatic heterocycles. The second-order valence-corrected chi connectivity index (χ2v) is 2.97. The molecule has 0 aliphatic carbocycles. The van der Waals surface area contributed by atoms with E-state index in [1.807, 2.05) is 6.07 Å². The molecule has 0 atom stereocenters. The van der Waals surface area contributed by atoms with Gasteiger partial charge in [0, 0.05) is 5.56 Å². The summed E-state index contributed by atoms with van der Waals surface area (Å²) in [5, 5.41) is 2.38. The van der Waals surface area contributed by atoms with Crippen LogP contribution >= 0.6 is 0 Å². The highest BCUT2D eigenvalue weighted by atomic mass is 16.5. The summed E-state index contributed by atoms with van der Waals surface area (Å²) in [4.78, 5) is 22.2. The number of nitrogens with one attached hydrogen (secondary N) is 1. The van der Waals surface area contributed by atoms with Crippen LogP contribution in [0.5, 0.6) is 0 Å². The van der Waals surface area contributed by atoms with Gasteiger partial charge >= 0.3 is 5.63 Å². The molecule has 2 rings (SSSR count). The maximum Gasteiger partial charge on any atom is 0.370 e. The fourth-order valence-corrected chi connectivity index (χ4v) is 1.33. The topological polar surface area (TPSA) is 89.1 Å². The number of hydrogen-bond acceptors (Lipinski definition) is 3. The summed E-state index contributed by atoms with van der Waals surface area (Å²) in [6.07, 6.45) is 0. The van der Waals surface area contributed by atoms with Crippen LogP contribution in [0.3, 0.4) is 0 Å². The van der Waals surface area contributed by atoms with Crippen LogP contribution in [0.1, 0.15) is 10.4 Å². The Morgan fingerprint density at radius 1 is 1.27 bits per heavy atom. The summed E-state index contributed by atoms with van der Waals surface area (Å²) in [7, 11) is 0. The van der Waals surface area contributed by atoms with Gasteiger partial charge in [0.15, 0.2) is 5.56 Å². The minimum Gasteiger partial charge on any atom is -0.365 e. The van der Waals surface area contributed by atoms with Crippen LogP contribution in [-0.4, -0.2) is 11.1 Å². The Balaban J connectivity index is 2.65. The van der Waals surface area contributed by atoms with Gasteiger partial charge in [0.1, 0.15) is 0 Å². The Morgan fingerprint density at radius 2 is 1.93 bits per heavy atom. The zero-order valence-corrected chi connectivity index (χ0v) is 7.69. The summed E-state index contributed by atoms with van der Waals surface area (Å²) in [5.41, 5.74) is 5.17. The van der Waals surface area contributed by atoms with Gasteiger partial charge in [-0.25, -0.2) is 9.95 Å². The molecule has 0 spiro atoms. The number of rotatable bonds is 2. The molecule has 1 amide bonds. The van der Waals surface area contributed by atoms with Gasteiger partial charge < -0.3 is 10.3 Å². The third-order valence-electron chi connectivity index (χ3n) is 2.01. The molecule has 5 heteroatoms. The highest BCUT2D eigenvalue weighted by Crippen LogP contribution is 2.18. The molecule has 0 saturated carbocycles. The maximum absolute atomic E-state index is 11.2. The van der Waals surface area contributed by atoms with Crippen molar-refractivity contribution in [1.82, 2.24) is 5.16 Å². The number of carbonyl (C=O) groups excluding carboxylic acids is 1. The second kappa shape index (κ2) is 3.45. The largest absolute Gasteiger partial charge is 0.370 e. The van der Waals surface area contributed by atoms with Crippen LogP contribution in [0.4, 0.5) is 0 Å². The Bertz CT molecular complexity index is 539. The number of aromatic amines is 1. The smallest absolute Gasteiger partial charge is 0.365 e. The fourth-order valence-electron chi connectivity index (χ4n) is 1.33. The van der Waals surface area contributed by atoms with Crippen LogP contribution in [0.15, 0.2) is 39.6 Å². The molecule has 0 saturated heterocycles. The first-order valence-electron chi connectivity index (χ1n) is 4.27. The molecule has 1 heterocycles. The van der Waals surface area contributed by atoms with Gasteiger partial charge in [0.05, 0.1) is 5.69 Å². The number of carbonyl (C=O) groups is 1. The van der Waals surface area contributed by atoms with Crippen molar-refractivity contribution in [2.24, 2.45) is 5.73 Å². The molecule has 15 heavy (non-hydrogen) atoms. The van der Waals surface area contributed by atoms with Gasteiger partial charge in [0.25, 0.3) is 5.91 Å². The number of amides is 1. The molecule has 0 radical (unpaired) electrons. The van der Waals surface area contributed by atoms with Gasteiger partial charge in [-0.05, 0) is 0 Å². The standard InChI is InChI=1S/C10H8N2O3/c11-9(13)7-8(12-15-10(7)14)6-4-2-1-3-5-6/h1-5,12H,(H2,11,13). The third-order valence-corrected chi connectivity index (χ3v) is 2.01. The minimum absolute atomic E-state index is 0.152. The zero-order chi connectivity index (χ0) is 10.8. The van der Waals surface area contributed by atoms with Crippen LogP contribution in [0.25, 0.3) is 11.3 Å². The molecule has 0 unspecified atom stereocenters. The quantitative estimate of drug-likeness (QED) is 0.755. The first-order chi connectivity index (χ1) is 7.20. The number of primary amides is 1. The van der Waals surface area contributed by atoms with Crippen molar-refractivity contribution >= 4 is 5.91 Å². The lowest BCUT2D eigenvalue weighted by Crippen LogP contribution is -2.19. The normalized spacial score (nSPS) is 10.1.